The van der Waals surface area contributed by atoms with E-state index < -0.39 is 5.97 Å². The maximum atomic E-state index is 12.4. The Balaban J connectivity index is 1.33. The first-order valence-corrected chi connectivity index (χ1v) is 10.8. The van der Waals surface area contributed by atoms with Gasteiger partial charge in [0, 0.05) is 6.54 Å². The van der Waals surface area contributed by atoms with E-state index in [2.05, 4.69) is 40.6 Å². The number of rotatable bonds is 6. The molecule has 1 saturated carbocycles. The first-order chi connectivity index (χ1) is 14.1. The summed E-state index contributed by atoms with van der Waals surface area (Å²) < 4.78 is 1.08. The summed E-state index contributed by atoms with van der Waals surface area (Å²) in [5.41, 5.74) is 3.20. The van der Waals surface area contributed by atoms with Crippen LogP contribution >= 0.6 is 11.3 Å². The van der Waals surface area contributed by atoms with Gasteiger partial charge < -0.3 is 10.4 Å². The molecule has 2 aromatic carbocycles. The normalized spacial score (nSPS) is 19.2. The summed E-state index contributed by atoms with van der Waals surface area (Å²) in [6.07, 6.45) is 3.42. The van der Waals surface area contributed by atoms with Gasteiger partial charge in [-0.25, -0.2) is 4.98 Å². The highest BCUT2D eigenvalue weighted by Crippen LogP contribution is 2.29. The monoisotopic (exact) mass is 408 g/mol. The standard InChI is InChI=1S/C23H24N2O3S/c26-21(24-14-15-6-8-17(9-7-15)23(27)28)13-22-25-19-12-18(10-11-20(19)29-22)16-4-2-1-3-5-16/h1-5,10-12,15,17H,6-9,13-14H2,(H,24,26)(H,27,28). The Morgan fingerprint density at radius 3 is 2.52 bits per heavy atom. The zero-order chi connectivity index (χ0) is 20.2. The zero-order valence-electron chi connectivity index (χ0n) is 16.1. The third-order valence-corrected chi connectivity index (χ3v) is 6.67. The Hall–Kier alpha value is -2.73. The lowest BCUT2D eigenvalue weighted by atomic mass is 9.82. The van der Waals surface area contributed by atoms with Crippen LogP contribution in [0.15, 0.2) is 48.5 Å². The van der Waals surface area contributed by atoms with Crippen molar-refractivity contribution in [1.82, 2.24) is 10.3 Å². The average Bonchev–Trinajstić information content (AvgIpc) is 3.14. The summed E-state index contributed by atoms with van der Waals surface area (Å²) in [7, 11) is 0. The van der Waals surface area contributed by atoms with Gasteiger partial charge in [0.15, 0.2) is 0 Å². The van der Waals surface area contributed by atoms with Crippen LogP contribution in [0.25, 0.3) is 21.3 Å². The molecule has 0 aliphatic heterocycles. The van der Waals surface area contributed by atoms with E-state index in [9.17, 15) is 9.59 Å². The molecular formula is C23H24N2O3S. The fraction of sp³-hybridized carbons (Fsp3) is 0.348. The summed E-state index contributed by atoms with van der Waals surface area (Å²) in [4.78, 5) is 28.0. The molecule has 1 amide bonds. The minimum atomic E-state index is -0.696. The van der Waals surface area contributed by atoms with Crippen LogP contribution in [-0.2, 0) is 16.0 Å². The molecule has 0 unspecified atom stereocenters. The number of benzene rings is 2. The van der Waals surface area contributed by atoms with Crippen LogP contribution in [0.4, 0.5) is 0 Å². The molecule has 1 aromatic heterocycles. The van der Waals surface area contributed by atoms with Crippen molar-refractivity contribution < 1.29 is 14.7 Å². The Morgan fingerprint density at radius 2 is 1.79 bits per heavy atom. The van der Waals surface area contributed by atoms with Crippen LogP contribution in [-0.4, -0.2) is 28.5 Å². The molecule has 3 aromatic rings. The molecule has 1 aliphatic carbocycles. The van der Waals surface area contributed by atoms with Crippen molar-refractivity contribution in [2.75, 3.05) is 6.54 Å². The number of fused-ring (bicyclic) bond motifs is 1. The molecule has 0 saturated heterocycles. The van der Waals surface area contributed by atoms with Crippen molar-refractivity contribution in [2.45, 2.75) is 32.1 Å². The quantitative estimate of drug-likeness (QED) is 0.629. The molecule has 6 heteroatoms. The second-order valence-electron chi connectivity index (χ2n) is 7.69. The number of aromatic nitrogens is 1. The second-order valence-corrected chi connectivity index (χ2v) is 8.81. The van der Waals surface area contributed by atoms with E-state index in [1.807, 2.05) is 18.2 Å². The van der Waals surface area contributed by atoms with Gasteiger partial charge in [0.1, 0.15) is 5.01 Å². The van der Waals surface area contributed by atoms with E-state index in [-0.39, 0.29) is 18.2 Å². The largest absolute Gasteiger partial charge is 0.481 e. The Bertz CT molecular complexity index is 1010. The van der Waals surface area contributed by atoms with Crippen LogP contribution in [0.1, 0.15) is 30.7 Å². The van der Waals surface area contributed by atoms with Gasteiger partial charge >= 0.3 is 5.97 Å². The number of thiazole rings is 1. The van der Waals surface area contributed by atoms with E-state index in [1.165, 1.54) is 0 Å². The third kappa shape index (κ3) is 4.82. The van der Waals surface area contributed by atoms with Crippen molar-refractivity contribution in [3.8, 4) is 11.1 Å². The molecule has 2 N–H and O–H groups in total. The highest BCUT2D eigenvalue weighted by atomic mass is 32.1. The highest BCUT2D eigenvalue weighted by Gasteiger charge is 2.26. The van der Waals surface area contributed by atoms with Crippen molar-refractivity contribution in [3.63, 3.8) is 0 Å². The number of amides is 1. The number of carbonyl (C=O) groups excluding carboxylic acids is 1. The lowest BCUT2D eigenvalue weighted by Gasteiger charge is -2.26. The van der Waals surface area contributed by atoms with E-state index >= 15 is 0 Å². The fourth-order valence-corrected chi connectivity index (χ4v) is 4.88. The van der Waals surface area contributed by atoms with E-state index in [0.29, 0.717) is 25.3 Å². The first-order valence-electron chi connectivity index (χ1n) is 10.0. The minimum absolute atomic E-state index is 0.0207. The molecule has 4 rings (SSSR count). The number of nitrogens with zero attached hydrogens (tertiary/aromatic N) is 1. The first kappa shape index (κ1) is 19.6. The van der Waals surface area contributed by atoms with Gasteiger partial charge in [-0.1, -0.05) is 36.4 Å². The van der Waals surface area contributed by atoms with Crippen LogP contribution in [0.5, 0.6) is 0 Å². The van der Waals surface area contributed by atoms with Crippen molar-refractivity contribution in [3.05, 3.63) is 53.5 Å². The maximum Gasteiger partial charge on any atom is 0.306 e. The van der Waals surface area contributed by atoms with Gasteiger partial charge in [-0.2, -0.15) is 0 Å². The molecule has 1 fully saturated rings. The molecule has 0 atom stereocenters. The lowest BCUT2D eigenvalue weighted by molar-refractivity contribution is -0.143. The van der Waals surface area contributed by atoms with E-state index in [0.717, 1.165) is 39.2 Å². The minimum Gasteiger partial charge on any atom is -0.481 e. The Morgan fingerprint density at radius 1 is 1.03 bits per heavy atom. The molecule has 0 radical (unpaired) electrons. The summed E-state index contributed by atoms with van der Waals surface area (Å²) in [5.74, 6) is -0.560. The molecular weight excluding hydrogens is 384 g/mol. The summed E-state index contributed by atoms with van der Waals surface area (Å²) in [5, 5.41) is 12.9. The number of hydrogen-bond donors (Lipinski definition) is 2. The number of carboxylic acid groups (broad SMARTS) is 1. The topological polar surface area (TPSA) is 79.3 Å². The fourth-order valence-electron chi connectivity index (χ4n) is 3.93. The summed E-state index contributed by atoms with van der Waals surface area (Å²) >= 11 is 1.56. The predicted octanol–water partition coefficient (Wildman–Crippen LogP) is 4.51. The number of hydrogen-bond acceptors (Lipinski definition) is 4. The molecule has 0 bridgehead atoms. The Kier molecular flexibility index (Phi) is 5.90. The van der Waals surface area contributed by atoms with Gasteiger partial charge in [-0.05, 0) is 54.9 Å². The molecule has 29 heavy (non-hydrogen) atoms. The van der Waals surface area contributed by atoms with Gasteiger partial charge in [-0.15, -0.1) is 11.3 Å². The zero-order valence-corrected chi connectivity index (χ0v) is 17.0. The lowest BCUT2D eigenvalue weighted by Crippen LogP contribution is -2.33. The van der Waals surface area contributed by atoms with Gasteiger partial charge in [0.25, 0.3) is 0 Å². The molecule has 150 valence electrons. The number of carboxylic acids is 1. The second kappa shape index (κ2) is 8.74. The predicted molar refractivity (Wildman–Crippen MR) is 115 cm³/mol. The summed E-state index contributed by atoms with van der Waals surface area (Å²) in [6, 6.07) is 16.4. The van der Waals surface area contributed by atoms with Gasteiger partial charge in [0.05, 0.1) is 22.6 Å². The van der Waals surface area contributed by atoms with Crippen LogP contribution in [0.2, 0.25) is 0 Å². The summed E-state index contributed by atoms with van der Waals surface area (Å²) in [6.45, 7) is 0.619. The van der Waals surface area contributed by atoms with Crippen LogP contribution < -0.4 is 5.32 Å². The molecule has 5 nitrogen and oxygen atoms in total. The van der Waals surface area contributed by atoms with Crippen LogP contribution in [0.3, 0.4) is 0 Å². The van der Waals surface area contributed by atoms with Crippen molar-refractivity contribution >= 4 is 33.4 Å². The van der Waals surface area contributed by atoms with Gasteiger partial charge in [0.2, 0.25) is 5.91 Å². The van der Waals surface area contributed by atoms with Crippen molar-refractivity contribution in [1.29, 1.82) is 0 Å². The van der Waals surface area contributed by atoms with E-state index in [4.69, 9.17) is 5.11 Å². The maximum absolute atomic E-state index is 12.4. The van der Waals surface area contributed by atoms with Crippen molar-refractivity contribution in [2.24, 2.45) is 11.8 Å². The molecule has 0 spiro atoms. The highest BCUT2D eigenvalue weighted by molar-refractivity contribution is 7.18. The number of nitrogens with one attached hydrogen (secondary N) is 1. The van der Waals surface area contributed by atoms with E-state index in [1.54, 1.807) is 11.3 Å². The Labute approximate surface area is 173 Å². The SMILES string of the molecule is O=C(Cc1nc2cc(-c3ccccc3)ccc2s1)NCC1CCC(C(=O)O)CC1. The number of aliphatic carboxylic acids is 1. The molecule has 1 aliphatic rings. The number of carbonyl (C=O) groups is 2. The van der Waals surface area contributed by atoms with Crippen LogP contribution in [0, 0.1) is 11.8 Å². The average molecular weight is 409 g/mol. The third-order valence-electron chi connectivity index (χ3n) is 5.63. The molecule has 1 heterocycles. The smallest absolute Gasteiger partial charge is 0.306 e. The van der Waals surface area contributed by atoms with Gasteiger partial charge in [-0.3, -0.25) is 9.59 Å².